The van der Waals surface area contributed by atoms with Crippen molar-refractivity contribution in [1.29, 1.82) is 0 Å². The van der Waals surface area contributed by atoms with Crippen molar-refractivity contribution < 1.29 is 14.0 Å². The van der Waals surface area contributed by atoms with Crippen molar-refractivity contribution >= 4 is 17.5 Å². The highest BCUT2D eigenvalue weighted by atomic mass is 19.1. The Balaban J connectivity index is 1.46. The number of carbonyl (C=O) groups is 2. The fourth-order valence-corrected chi connectivity index (χ4v) is 4.04. The Kier molecular flexibility index (Phi) is 5.02. The lowest BCUT2D eigenvalue weighted by molar-refractivity contribution is 0.0952. The second-order valence-electron chi connectivity index (χ2n) is 8.12. The molecule has 0 bridgehead atoms. The Hall–Kier alpha value is -3.48. The molecule has 0 unspecified atom stereocenters. The maximum atomic E-state index is 13.4. The van der Waals surface area contributed by atoms with Crippen LogP contribution in [-0.4, -0.2) is 27.6 Å². The SMILES string of the molecule is O=C(NC1CC1)c1ccccc1NC(=O)c1nn(-c2ccc(F)cc2)c2c1CCCC2. The fourth-order valence-electron chi connectivity index (χ4n) is 4.04. The van der Waals surface area contributed by atoms with Gasteiger partial charge in [-0.05, 0) is 74.9 Å². The van der Waals surface area contributed by atoms with Gasteiger partial charge >= 0.3 is 0 Å². The first kappa shape index (κ1) is 19.5. The Morgan fingerprint density at radius 3 is 2.48 bits per heavy atom. The third-order valence-corrected chi connectivity index (χ3v) is 5.80. The number of hydrogen-bond acceptors (Lipinski definition) is 3. The van der Waals surface area contributed by atoms with Crippen molar-refractivity contribution in [2.75, 3.05) is 5.32 Å². The first-order chi connectivity index (χ1) is 15.1. The van der Waals surface area contributed by atoms with Crippen LogP contribution in [0.25, 0.3) is 5.69 Å². The molecular weight excluding hydrogens is 395 g/mol. The van der Waals surface area contributed by atoms with E-state index >= 15 is 0 Å². The molecular formula is C24H23FN4O2. The van der Waals surface area contributed by atoms with Crippen molar-refractivity contribution in [3.63, 3.8) is 0 Å². The van der Waals surface area contributed by atoms with Crippen LogP contribution in [0.5, 0.6) is 0 Å². The van der Waals surface area contributed by atoms with Gasteiger partial charge in [-0.25, -0.2) is 9.07 Å². The molecule has 2 aliphatic rings. The summed E-state index contributed by atoms with van der Waals surface area (Å²) >= 11 is 0. The average molecular weight is 418 g/mol. The van der Waals surface area contributed by atoms with E-state index in [1.165, 1.54) is 12.1 Å². The molecule has 3 aromatic rings. The summed E-state index contributed by atoms with van der Waals surface area (Å²) in [6, 6.07) is 13.3. The molecule has 2 aliphatic carbocycles. The van der Waals surface area contributed by atoms with Gasteiger partial charge in [0, 0.05) is 17.3 Å². The number of benzene rings is 2. The smallest absolute Gasteiger partial charge is 0.276 e. The highest BCUT2D eigenvalue weighted by molar-refractivity contribution is 6.09. The van der Waals surface area contributed by atoms with Crippen molar-refractivity contribution in [3.05, 3.63) is 76.9 Å². The minimum atomic E-state index is -0.342. The zero-order chi connectivity index (χ0) is 21.4. The van der Waals surface area contributed by atoms with Crippen LogP contribution in [0, 0.1) is 5.82 Å². The summed E-state index contributed by atoms with van der Waals surface area (Å²) in [5.74, 6) is -0.841. The zero-order valence-electron chi connectivity index (χ0n) is 17.0. The monoisotopic (exact) mass is 418 g/mol. The molecule has 0 radical (unpaired) electrons. The summed E-state index contributed by atoms with van der Waals surface area (Å²) in [7, 11) is 0. The lowest BCUT2D eigenvalue weighted by Gasteiger charge is -2.14. The molecule has 0 saturated heterocycles. The second-order valence-corrected chi connectivity index (χ2v) is 8.12. The minimum absolute atomic E-state index is 0.183. The van der Waals surface area contributed by atoms with Gasteiger partial charge in [0.25, 0.3) is 11.8 Å². The van der Waals surface area contributed by atoms with Crippen LogP contribution >= 0.6 is 0 Å². The molecule has 1 saturated carbocycles. The van der Waals surface area contributed by atoms with Crippen LogP contribution in [-0.2, 0) is 12.8 Å². The van der Waals surface area contributed by atoms with Crippen LogP contribution in [0.4, 0.5) is 10.1 Å². The van der Waals surface area contributed by atoms with E-state index in [9.17, 15) is 14.0 Å². The molecule has 7 heteroatoms. The lowest BCUT2D eigenvalue weighted by Crippen LogP contribution is -2.27. The molecule has 158 valence electrons. The predicted octanol–water partition coefficient (Wildman–Crippen LogP) is 4.03. The van der Waals surface area contributed by atoms with Crippen LogP contribution in [0.2, 0.25) is 0 Å². The molecule has 1 aromatic heterocycles. The molecule has 5 rings (SSSR count). The average Bonchev–Trinajstić information content (AvgIpc) is 3.51. The minimum Gasteiger partial charge on any atom is -0.349 e. The van der Waals surface area contributed by atoms with Crippen molar-refractivity contribution in [1.82, 2.24) is 15.1 Å². The van der Waals surface area contributed by atoms with Crippen molar-refractivity contribution in [3.8, 4) is 5.69 Å². The molecule has 31 heavy (non-hydrogen) atoms. The summed E-state index contributed by atoms with van der Waals surface area (Å²) < 4.78 is 15.1. The van der Waals surface area contributed by atoms with Gasteiger partial charge in [0.1, 0.15) is 5.82 Å². The van der Waals surface area contributed by atoms with Crippen LogP contribution in [0.1, 0.15) is 57.8 Å². The summed E-state index contributed by atoms with van der Waals surface area (Å²) in [5.41, 5.74) is 3.90. The lowest BCUT2D eigenvalue weighted by atomic mass is 9.95. The van der Waals surface area contributed by atoms with Gasteiger partial charge in [-0.2, -0.15) is 5.10 Å². The molecule has 1 heterocycles. The summed E-state index contributed by atoms with van der Waals surface area (Å²) in [6.45, 7) is 0. The molecule has 2 N–H and O–H groups in total. The summed E-state index contributed by atoms with van der Waals surface area (Å²) in [4.78, 5) is 25.8. The maximum absolute atomic E-state index is 13.4. The van der Waals surface area contributed by atoms with Gasteiger partial charge < -0.3 is 10.6 Å². The molecule has 0 aliphatic heterocycles. The quantitative estimate of drug-likeness (QED) is 0.657. The van der Waals surface area contributed by atoms with Gasteiger partial charge in [-0.1, -0.05) is 12.1 Å². The van der Waals surface area contributed by atoms with E-state index in [1.54, 1.807) is 41.1 Å². The molecule has 1 fully saturated rings. The maximum Gasteiger partial charge on any atom is 0.276 e. The van der Waals surface area contributed by atoms with E-state index in [1.807, 2.05) is 0 Å². The Labute approximate surface area is 179 Å². The van der Waals surface area contributed by atoms with Gasteiger partial charge in [-0.15, -0.1) is 0 Å². The number of hydrogen-bond donors (Lipinski definition) is 2. The first-order valence-electron chi connectivity index (χ1n) is 10.7. The Morgan fingerprint density at radius 2 is 1.71 bits per heavy atom. The molecule has 2 aromatic carbocycles. The topological polar surface area (TPSA) is 76.0 Å². The van der Waals surface area contributed by atoms with Crippen molar-refractivity contribution in [2.45, 2.75) is 44.6 Å². The Bertz CT molecular complexity index is 1150. The van der Waals surface area contributed by atoms with E-state index < -0.39 is 0 Å². The number of para-hydroxylation sites is 1. The third kappa shape index (κ3) is 3.95. The van der Waals surface area contributed by atoms with Gasteiger partial charge in [-0.3, -0.25) is 9.59 Å². The third-order valence-electron chi connectivity index (χ3n) is 5.80. The molecule has 2 amide bonds. The molecule has 6 nitrogen and oxygen atoms in total. The van der Waals surface area contributed by atoms with Crippen LogP contribution in [0.15, 0.2) is 48.5 Å². The predicted molar refractivity (Wildman–Crippen MR) is 115 cm³/mol. The van der Waals surface area contributed by atoms with Gasteiger partial charge in [0.2, 0.25) is 0 Å². The van der Waals surface area contributed by atoms with Crippen LogP contribution in [0.3, 0.4) is 0 Å². The van der Waals surface area contributed by atoms with Gasteiger partial charge in [0.05, 0.1) is 16.9 Å². The number of rotatable bonds is 5. The summed E-state index contributed by atoms with van der Waals surface area (Å²) in [6.07, 6.45) is 5.57. The fraction of sp³-hybridized carbons (Fsp3) is 0.292. The zero-order valence-corrected chi connectivity index (χ0v) is 17.0. The number of halogens is 1. The van der Waals surface area contributed by atoms with Crippen LogP contribution < -0.4 is 10.6 Å². The number of nitrogens with one attached hydrogen (secondary N) is 2. The van der Waals surface area contributed by atoms with E-state index in [0.29, 0.717) is 16.9 Å². The number of carbonyl (C=O) groups excluding carboxylic acids is 2. The van der Waals surface area contributed by atoms with E-state index in [2.05, 4.69) is 15.7 Å². The van der Waals surface area contributed by atoms with E-state index in [4.69, 9.17) is 0 Å². The largest absolute Gasteiger partial charge is 0.349 e. The van der Waals surface area contributed by atoms with E-state index in [-0.39, 0.29) is 23.7 Å². The Morgan fingerprint density at radius 1 is 0.968 bits per heavy atom. The van der Waals surface area contributed by atoms with Crippen molar-refractivity contribution in [2.24, 2.45) is 0 Å². The first-order valence-corrected chi connectivity index (χ1v) is 10.7. The molecule has 0 spiro atoms. The van der Waals surface area contributed by atoms with E-state index in [0.717, 1.165) is 55.5 Å². The highest BCUT2D eigenvalue weighted by Gasteiger charge is 2.28. The number of anilines is 1. The number of amides is 2. The normalized spacial score (nSPS) is 15.3. The second kappa shape index (κ2) is 7.98. The highest BCUT2D eigenvalue weighted by Crippen LogP contribution is 2.28. The number of aromatic nitrogens is 2. The number of nitrogens with zero attached hydrogens (tertiary/aromatic N) is 2. The van der Waals surface area contributed by atoms with Gasteiger partial charge in [0.15, 0.2) is 5.69 Å². The standard InChI is InChI=1S/C24H23FN4O2/c25-15-9-13-17(14-10-15)29-21-8-4-2-6-19(21)22(28-29)24(31)27-20-7-3-1-5-18(20)23(30)26-16-11-12-16/h1,3,5,7,9-10,13-14,16H,2,4,6,8,11-12H2,(H,26,30)(H,27,31). The molecule has 0 atom stereocenters. The summed E-state index contributed by atoms with van der Waals surface area (Å²) in [5, 5.41) is 10.5. The number of fused-ring (bicyclic) bond motifs is 1.